The number of fused-ring (bicyclic) bond motifs is 1. The Kier molecular flexibility index (Phi) is 6.25. The summed E-state index contributed by atoms with van der Waals surface area (Å²) >= 11 is 2.97. The quantitative estimate of drug-likeness (QED) is 0.550. The molecular weight excluding hydrogens is 398 g/mol. The number of amides is 1. The molecule has 3 rings (SSSR count). The molecule has 3 heterocycles. The molecule has 0 aliphatic heterocycles. The SMILES string of the molecule is CCN(CC(C)C(=O)OC)C(=O)Cn1cnc2scc(-c3cccs3)c2c1=O. The van der Waals surface area contributed by atoms with Crippen LogP contribution in [0.3, 0.4) is 0 Å². The van der Waals surface area contributed by atoms with E-state index in [1.165, 1.54) is 29.3 Å². The zero-order valence-corrected chi connectivity index (χ0v) is 17.5. The van der Waals surface area contributed by atoms with Crippen molar-refractivity contribution >= 4 is 44.8 Å². The Balaban J connectivity index is 1.86. The van der Waals surface area contributed by atoms with Gasteiger partial charge in [0, 0.05) is 28.9 Å². The van der Waals surface area contributed by atoms with Gasteiger partial charge in [-0.3, -0.25) is 19.0 Å². The molecule has 0 radical (unpaired) electrons. The number of carbonyl (C=O) groups is 2. The largest absolute Gasteiger partial charge is 0.469 e. The van der Waals surface area contributed by atoms with E-state index in [9.17, 15) is 14.4 Å². The lowest BCUT2D eigenvalue weighted by atomic mass is 10.1. The maximum Gasteiger partial charge on any atom is 0.310 e. The summed E-state index contributed by atoms with van der Waals surface area (Å²) in [6, 6.07) is 3.89. The minimum Gasteiger partial charge on any atom is -0.469 e. The van der Waals surface area contributed by atoms with Gasteiger partial charge >= 0.3 is 5.97 Å². The molecule has 0 fully saturated rings. The van der Waals surface area contributed by atoms with Gasteiger partial charge in [0.05, 0.1) is 24.7 Å². The number of nitrogens with zero attached hydrogens (tertiary/aromatic N) is 3. The molecule has 0 saturated heterocycles. The van der Waals surface area contributed by atoms with Crippen molar-refractivity contribution in [2.75, 3.05) is 20.2 Å². The normalized spacial score (nSPS) is 12.1. The average Bonchev–Trinajstić information content (AvgIpc) is 3.36. The van der Waals surface area contributed by atoms with Crippen molar-refractivity contribution in [1.82, 2.24) is 14.5 Å². The van der Waals surface area contributed by atoms with Crippen LogP contribution in [0, 0.1) is 5.92 Å². The van der Waals surface area contributed by atoms with Crippen LogP contribution in [0.1, 0.15) is 13.8 Å². The first-order valence-corrected chi connectivity index (χ1v) is 10.6. The van der Waals surface area contributed by atoms with Crippen LogP contribution < -0.4 is 5.56 Å². The highest BCUT2D eigenvalue weighted by atomic mass is 32.1. The summed E-state index contributed by atoms with van der Waals surface area (Å²) in [5.41, 5.74) is 0.612. The van der Waals surface area contributed by atoms with E-state index in [1.54, 1.807) is 23.2 Å². The molecule has 1 atom stereocenters. The molecule has 0 N–H and O–H groups in total. The van der Waals surface area contributed by atoms with Crippen LogP contribution in [0.4, 0.5) is 0 Å². The van der Waals surface area contributed by atoms with Crippen LogP contribution in [-0.2, 0) is 20.9 Å². The summed E-state index contributed by atoms with van der Waals surface area (Å²) in [5, 5.41) is 4.42. The van der Waals surface area contributed by atoms with E-state index in [0.717, 1.165) is 10.4 Å². The maximum absolute atomic E-state index is 13.0. The fourth-order valence-electron chi connectivity index (χ4n) is 2.95. The first kappa shape index (κ1) is 20.2. The van der Waals surface area contributed by atoms with Gasteiger partial charge in [0.1, 0.15) is 11.4 Å². The number of thiophene rings is 2. The third-order valence-electron chi connectivity index (χ3n) is 4.49. The van der Waals surface area contributed by atoms with Gasteiger partial charge in [-0.25, -0.2) is 4.98 Å². The Hall–Kier alpha value is -2.52. The second-order valence-electron chi connectivity index (χ2n) is 6.34. The highest BCUT2D eigenvalue weighted by Gasteiger charge is 2.22. The topological polar surface area (TPSA) is 81.5 Å². The molecule has 1 amide bonds. The van der Waals surface area contributed by atoms with Gasteiger partial charge in [0.15, 0.2) is 0 Å². The van der Waals surface area contributed by atoms with Crippen LogP contribution in [-0.4, -0.2) is 46.5 Å². The second kappa shape index (κ2) is 8.66. The van der Waals surface area contributed by atoms with Gasteiger partial charge in [-0.05, 0) is 18.4 Å². The van der Waals surface area contributed by atoms with Crippen molar-refractivity contribution in [3.63, 3.8) is 0 Å². The van der Waals surface area contributed by atoms with Gasteiger partial charge in [-0.1, -0.05) is 13.0 Å². The van der Waals surface area contributed by atoms with Crippen molar-refractivity contribution in [2.24, 2.45) is 5.92 Å². The number of aromatic nitrogens is 2. The predicted octanol–water partition coefficient (Wildman–Crippen LogP) is 2.84. The molecule has 0 aliphatic rings. The molecule has 3 aromatic heterocycles. The number of ether oxygens (including phenoxy) is 1. The van der Waals surface area contributed by atoms with Crippen LogP contribution in [0.2, 0.25) is 0 Å². The van der Waals surface area contributed by atoms with E-state index in [-0.39, 0.29) is 30.5 Å². The number of carbonyl (C=O) groups excluding carboxylic acids is 2. The van der Waals surface area contributed by atoms with Crippen LogP contribution in [0.25, 0.3) is 20.7 Å². The summed E-state index contributed by atoms with van der Waals surface area (Å²) in [6.45, 7) is 4.10. The van der Waals surface area contributed by atoms with E-state index in [4.69, 9.17) is 4.74 Å². The van der Waals surface area contributed by atoms with Crippen LogP contribution in [0.15, 0.2) is 34.0 Å². The lowest BCUT2D eigenvalue weighted by Crippen LogP contribution is -2.40. The van der Waals surface area contributed by atoms with Crippen molar-refractivity contribution in [2.45, 2.75) is 20.4 Å². The van der Waals surface area contributed by atoms with Crippen molar-refractivity contribution in [3.8, 4) is 10.4 Å². The van der Waals surface area contributed by atoms with Gasteiger partial charge in [-0.15, -0.1) is 22.7 Å². The minimum absolute atomic E-state index is 0.122. The number of esters is 1. The van der Waals surface area contributed by atoms with E-state index >= 15 is 0 Å². The van der Waals surface area contributed by atoms with Crippen molar-refractivity contribution in [3.05, 3.63) is 39.6 Å². The second-order valence-corrected chi connectivity index (χ2v) is 8.15. The van der Waals surface area contributed by atoms with Crippen molar-refractivity contribution in [1.29, 1.82) is 0 Å². The molecule has 0 bridgehead atoms. The van der Waals surface area contributed by atoms with E-state index in [2.05, 4.69) is 4.98 Å². The Morgan fingerprint density at radius 2 is 2.14 bits per heavy atom. The van der Waals surface area contributed by atoms with Gasteiger partial charge in [0.2, 0.25) is 5.91 Å². The summed E-state index contributed by atoms with van der Waals surface area (Å²) in [5.74, 6) is -1.05. The number of hydrogen-bond donors (Lipinski definition) is 0. The van der Waals surface area contributed by atoms with E-state index in [1.807, 2.05) is 29.8 Å². The smallest absolute Gasteiger partial charge is 0.310 e. The molecule has 0 aromatic carbocycles. The zero-order chi connectivity index (χ0) is 20.3. The molecule has 0 aliphatic carbocycles. The molecule has 1 unspecified atom stereocenters. The van der Waals surface area contributed by atoms with E-state index < -0.39 is 5.92 Å². The lowest BCUT2D eigenvalue weighted by Gasteiger charge is -2.23. The fourth-order valence-corrected chi connectivity index (χ4v) is 4.67. The van der Waals surface area contributed by atoms with Gasteiger partial charge in [-0.2, -0.15) is 0 Å². The van der Waals surface area contributed by atoms with Gasteiger partial charge < -0.3 is 9.64 Å². The average molecular weight is 420 g/mol. The fraction of sp³-hybridized carbons (Fsp3) is 0.368. The van der Waals surface area contributed by atoms with Crippen LogP contribution >= 0.6 is 22.7 Å². The molecule has 0 spiro atoms. The first-order valence-electron chi connectivity index (χ1n) is 8.82. The standard InChI is InChI=1S/C19H21N3O4S2/c1-4-21(8-12(2)19(25)26-3)15(23)9-22-11-20-17-16(18(22)24)13(10-28-17)14-6-5-7-27-14/h5-7,10-12H,4,8-9H2,1-3H3. The number of hydrogen-bond acceptors (Lipinski definition) is 7. The monoisotopic (exact) mass is 419 g/mol. The van der Waals surface area contributed by atoms with Crippen molar-refractivity contribution < 1.29 is 14.3 Å². The Morgan fingerprint density at radius 3 is 2.79 bits per heavy atom. The zero-order valence-electron chi connectivity index (χ0n) is 15.9. The first-order chi connectivity index (χ1) is 13.5. The number of methoxy groups -OCH3 is 1. The number of rotatable bonds is 7. The summed E-state index contributed by atoms with van der Waals surface area (Å²) in [6.07, 6.45) is 1.41. The molecule has 148 valence electrons. The third kappa shape index (κ3) is 4.00. The summed E-state index contributed by atoms with van der Waals surface area (Å²) < 4.78 is 6.06. The molecule has 9 heteroatoms. The summed E-state index contributed by atoms with van der Waals surface area (Å²) in [7, 11) is 1.32. The lowest BCUT2D eigenvalue weighted by molar-refractivity contribution is -0.146. The highest BCUT2D eigenvalue weighted by molar-refractivity contribution is 7.18. The Morgan fingerprint density at radius 1 is 1.36 bits per heavy atom. The predicted molar refractivity (Wildman–Crippen MR) is 111 cm³/mol. The minimum atomic E-state index is -0.437. The van der Waals surface area contributed by atoms with Crippen LogP contribution in [0.5, 0.6) is 0 Å². The van der Waals surface area contributed by atoms with Gasteiger partial charge in [0.25, 0.3) is 5.56 Å². The third-order valence-corrected chi connectivity index (χ3v) is 6.27. The maximum atomic E-state index is 13.0. The Bertz CT molecular complexity index is 1040. The highest BCUT2D eigenvalue weighted by Crippen LogP contribution is 2.33. The molecule has 28 heavy (non-hydrogen) atoms. The molecule has 3 aromatic rings. The number of likely N-dealkylation sites (N-methyl/N-ethyl adjacent to an activating group) is 1. The Labute approximate surface area is 170 Å². The molecular formula is C19H21N3O4S2. The molecule has 7 nitrogen and oxygen atoms in total. The summed E-state index contributed by atoms with van der Waals surface area (Å²) in [4.78, 5) is 44.9. The molecule has 0 saturated carbocycles. The van der Waals surface area contributed by atoms with E-state index in [0.29, 0.717) is 16.8 Å².